The fourth-order valence-corrected chi connectivity index (χ4v) is 2.64. The SMILES string of the molecule is CCNCCCNCc1cccc(OCC)c1OCc1ccccc1F. The molecule has 0 aliphatic rings. The molecule has 0 saturated heterocycles. The van der Waals surface area contributed by atoms with Gasteiger partial charge in [-0.05, 0) is 45.1 Å². The lowest BCUT2D eigenvalue weighted by molar-refractivity contribution is 0.262. The van der Waals surface area contributed by atoms with Crippen LogP contribution >= 0.6 is 0 Å². The Kier molecular flexibility index (Phi) is 8.93. The average molecular weight is 360 g/mol. The van der Waals surface area contributed by atoms with Crippen molar-refractivity contribution >= 4 is 0 Å². The van der Waals surface area contributed by atoms with Crippen LogP contribution in [0.1, 0.15) is 31.4 Å². The first-order valence-corrected chi connectivity index (χ1v) is 9.28. The topological polar surface area (TPSA) is 42.5 Å². The van der Waals surface area contributed by atoms with E-state index >= 15 is 0 Å². The van der Waals surface area contributed by atoms with Gasteiger partial charge in [0.25, 0.3) is 0 Å². The standard InChI is InChI=1S/C21H29FN2O2/c1-3-23-13-8-14-24-15-17-10-7-12-20(25-4-2)21(17)26-16-18-9-5-6-11-19(18)22/h5-7,9-12,23-24H,3-4,8,13-16H2,1-2H3. The van der Waals surface area contributed by atoms with E-state index in [2.05, 4.69) is 17.6 Å². The molecule has 0 bridgehead atoms. The number of benzene rings is 2. The lowest BCUT2D eigenvalue weighted by atomic mass is 10.1. The van der Waals surface area contributed by atoms with Gasteiger partial charge in [-0.15, -0.1) is 0 Å². The molecule has 0 unspecified atom stereocenters. The van der Waals surface area contributed by atoms with E-state index in [0.717, 1.165) is 31.6 Å². The maximum Gasteiger partial charge on any atom is 0.166 e. The third-order valence-electron chi connectivity index (χ3n) is 3.96. The zero-order valence-corrected chi connectivity index (χ0v) is 15.7. The first-order valence-electron chi connectivity index (χ1n) is 9.28. The molecule has 0 fully saturated rings. The van der Waals surface area contributed by atoms with Crippen molar-refractivity contribution in [2.45, 2.75) is 33.4 Å². The van der Waals surface area contributed by atoms with Gasteiger partial charge >= 0.3 is 0 Å². The first-order chi connectivity index (χ1) is 12.8. The fraction of sp³-hybridized carbons (Fsp3) is 0.429. The van der Waals surface area contributed by atoms with Crippen LogP contribution in [0.5, 0.6) is 11.5 Å². The van der Waals surface area contributed by atoms with Crippen molar-refractivity contribution < 1.29 is 13.9 Å². The normalized spacial score (nSPS) is 10.7. The van der Waals surface area contributed by atoms with Crippen LogP contribution in [-0.4, -0.2) is 26.2 Å². The minimum absolute atomic E-state index is 0.171. The average Bonchev–Trinajstić information content (AvgIpc) is 2.65. The molecule has 2 aromatic rings. The lowest BCUT2D eigenvalue weighted by Gasteiger charge is -2.17. The van der Waals surface area contributed by atoms with Gasteiger partial charge in [-0.25, -0.2) is 4.39 Å². The van der Waals surface area contributed by atoms with Gasteiger partial charge in [0.05, 0.1) is 6.61 Å². The summed E-state index contributed by atoms with van der Waals surface area (Å²) in [7, 11) is 0. The zero-order chi connectivity index (χ0) is 18.6. The summed E-state index contributed by atoms with van der Waals surface area (Å²) < 4.78 is 25.5. The number of hydrogen-bond donors (Lipinski definition) is 2. The Morgan fingerprint density at radius 3 is 2.42 bits per heavy atom. The van der Waals surface area contributed by atoms with Crippen molar-refractivity contribution in [2.75, 3.05) is 26.2 Å². The minimum Gasteiger partial charge on any atom is -0.490 e. The first kappa shape index (κ1) is 20.2. The molecule has 142 valence electrons. The molecule has 2 N–H and O–H groups in total. The fourth-order valence-electron chi connectivity index (χ4n) is 2.64. The van der Waals surface area contributed by atoms with Gasteiger partial charge in [0.2, 0.25) is 0 Å². The Bertz CT molecular complexity index is 664. The molecule has 0 aliphatic heterocycles. The molecule has 2 rings (SSSR count). The number of nitrogens with one attached hydrogen (secondary N) is 2. The van der Waals surface area contributed by atoms with Crippen molar-refractivity contribution in [3.63, 3.8) is 0 Å². The molecule has 4 nitrogen and oxygen atoms in total. The molecule has 5 heteroatoms. The van der Waals surface area contributed by atoms with E-state index < -0.39 is 0 Å². The summed E-state index contributed by atoms with van der Waals surface area (Å²) in [4.78, 5) is 0. The van der Waals surface area contributed by atoms with E-state index in [1.165, 1.54) is 6.07 Å². The van der Waals surface area contributed by atoms with Crippen molar-refractivity contribution in [3.05, 3.63) is 59.4 Å². The Morgan fingerprint density at radius 2 is 1.65 bits per heavy atom. The maximum absolute atomic E-state index is 13.9. The van der Waals surface area contributed by atoms with Gasteiger partial charge in [0, 0.05) is 17.7 Å². The zero-order valence-electron chi connectivity index (χ0n) is 15.7. The van der Waals surface area contributed by atoms with Crippen LogP contribution in [-0.2, 0) is 13.2 Å². The third-order valence-corrected chi connectivity index (χ3v) is 3.96. The Labute approximate surface area is 155 Å². The largest absolute Gasteiger partial charge is 0.490 e. The Balaban J connectivity index is 2.02. The van der Waals surface area contributed by atoms with Crippen LogP contribution < -0.4 is 20.1 Å². The third kappa shape index (κ3) is 6.32. The number of ether oxygens (including phenoxy) is 2. The quantitative estimate of drug-likeness (QED) is 0.564. The molecular weight excluding hydrogens is 331 g/mol. The summed E-state index contributed by atoms with van der Waals surface area (Å²) in [6.07, 6.45) is 1.06. The van der Waals surface area contributed by atoms with E-state index in [0.29, 0.717) is 30.2 Å². The van der Waals surface area contributed by atoms with E-state index in [-0.39, 0.29) is 12.4 Å². The molecule has 0 aliphatic carbocycles. The van der Waals surface area contributed by atoms with Crippen molar-refractivity contribution in [2.24, 2.45) is 0 Å². The molecule has 0 atom stereocenters. The molecule has 0 heterocycles. The van der Waals surface area contributed by atoms with Crippen molar-refractivity contribution in [1.29, 1.82) is 0 Å². The van der Waals surface area contributed by atoms with Crippen LogP contribution in [0.3, 0.4) is 0 Å². The molecule has 2 aromatic carbocycles. The summed E-state index contributed by atoms with van der Waals surface area (Å²) in [5.74, 6) is 1.11. The van der Waals surface area contributed by atoms with Gasteiger partial charge in [-0.2, -0.15) is 0 Å². The van der Waals surface area contributed by atoms with Gasteiger partial charge < -0.3 is 20.1 Å². The molecule has 0 aromatic heterocycles. The highest BCUT2D eigenvalue weighted by Crippen LogP contribution is 2.32. The molecule has 26 heavy (non-hydrogen) atoms. The summed E-state index contributed by atoms with van der Waals surface area (Å²) in [6, 6.07) is 12.5. The molecular formula is C21H29FN2O2. The summed E-state index contributed by atoms with van der Waals surface area (Å²) in [5.41, 5.74) is 1.54. The van der Waals surface area contributed by atoms with Crippen LogP contribution in [0.25, 0.3) is 0 Å². The monoisotopic (exact) mass is 360 g/mol. The van der Waals surface area contributed by atoms with Gasteiger partial charge in [-0.1, -0.05) is 37.3 Å². The summed E-state index contributed by atoms with van der Waals surface area (Å²) in [6.45, 7) is 8.35. The summed E-state index contributed by atoms with van der Waals surface area (Å²) in [5, 5.41) is 6.74. The number of rotatable bonds is 12. The van der Waals surface area contributed by atoms with Crippen LogP contribution in [0.4, 0.5) is 4.39 Å². The predicted molar refractivity (Wildman–Crippen MR) is 103 cm³/mol. The highest BCUT2D eigenvalue weighted by molar-refractivity contribution is 5.46. The predicted octanol–water partition coefficient (Wildman–Crippen LogP) is 3.89. The number of hydrogen-bond acceptors (Lipinski definition) is 4. The smallest absolute Gasteiger partial charge is 0.166 e. The van der Waals surface area contributed by atoms with E-state index in [1.54, 1.807) is 12.1 Å². The van der Waals surface area contributed by atoms with E-state index in [1.807, 2.05) is 31.2 Å². The molecule has 0 spiro atoms. The minimum atomic E-state index is -0.260. The van der Waals surface area contributed by atoms with Gasteiger partial charge in [0.1, 0.15) is 12.4 Å². The van der Waals surface area contributed by atoms with Crippen molar-refractivity contribution in [3.8, 4) is 11.5 Å². The van der Waals surface area contributed by atoms with Gasteiger partial charge in [-0.3, -0.25) is 0 Å². The second-order valence-corrected chi connectivity index (χ2v) is 5.94. The molecule has 0 amide bonds. The Hall–Kier alpha value is -2.11. The number of para-hydroxylation sites is 1. The molecule has 0 radical (unpaired) electrons. The number of halogens is 1. The second kappa shape index (κ2) is 11.5. The highest BCUT2D eigenvalue weighted by atomic mass is 19.1. The van der Waals surface area contributed by atoms with E-state index in [9.17, 15) is 4.39 Å². The van der Waals surface area contributed by atoms with Crippen LogP contribution in [0.2, 0.25) is 0 Å². The van der Waals surface area contributed by atoms with Gasteiger partial charge in [0.15, 0.2) is 11.5 Å². The maximum atomic E-state index is 13.9. The highest BCUT2D eigenvalue weighted by Gasteiger charge is 2.12. The van der Waals surface area contributed by atoms with E-state index in [4.69, 9.17) is 9.47 Å². The molecule has 0 saturated carbocycles. The van der Waals surface area contributed by atoms with Crippen molar-refractivity contribution in [1.82, 2.24) is 10.6 Å². The Morgan fingerprint density at radius 1 is 0.885 bits per heavy atom. The lowest BCUT2D eigenvalue weighted by Crippen LogP contribution is -2.21. The summed E-state index contributed by atoms with van der Waals surface area (Å²) >= 11 is 0. The van der Waals surface area contributed by atoms with Crippen LogP contribution in [0, 0.1) is 5.82 Å². The second-order valence-electron chi connectivity index (χ2n) is 5.94. The van der Waals surface area contributed by atoms with Crippen LogP contribution in [0.15, 0.2) is 42.5 Å².